The molecule has 5 nitrogen and oxygen atoms in total. The van der Waals surface area contributed by atoms with Gasteiger partial charge in [-0.2, -0.15) is 0 Å². The molecule has 0 bridgehead atoms. The monoisotopic (exact) mass is 324 g/mol. The second-order valence-corrected chi connectivity index (χ2v) is 6.81. The lowest BCUT2D eigenvalue weighted by atomic mass is 10.1. The summed E-state index contributed by atoms with van der Waals surface area (Å²) in [4.78, 5) is 6.84. The molecule has 0 aromatic rings. The number of likely N-dealkylation sites (tertiary alicyclic amines) is 1. The van der Waals surface area contributed by atoms with Gasteiger partial charge in [-0.05, 0) is 51.7 Å². The smallest absolute Gasteiger partial charge is 0.191 e. The fourth-order valence-corrected chi connectivity index (χ4v) is 3.54. The summed E-state index contributed by atoms with van der Waals surface area (Å²) in [5.74, 6) is 0.899. The quantitative estimate of drug-likeness (QED) is 0.311. The average molecular weight is 325 g/mol. The molecule has 0 radical (unpaired) electrons. The fourth-order valence-electron chi connectivity index (χ4n) is 3.54. The van der Waals surface area contributed by atoms with Crippen LogP contribution in [0.4, 0.5) is 0 Å². The van der Waals surface area contributed by atoms with E-state index in [0.29, 0.717) is 6.10 Å². The highest BCUT2D eigenvalue weighted by molar-refractivity contribution is 5.79. The van der Waals surface area contributed by atoms with Gasteiger partial charge in [-0.1, -0.05) is 25.7 Å². The van der Waals surface area contributed by atoms with Crippen LogP contribution in [-0.2, 0) is 4.74 Å². The van der Waals surface area contributed by atoms with Crippen LogP contribution < -0.4 is 10.6 Å². The van der Waals surface area contributed by atoms with Crippen molar-refractivity contribution >= 4 is 5.96 Å². The molecule has 1 saturated heterocycles. The van der Waals surface area contributed by atoms with Gasteiger partial charge >= 0.3 is 0 Å². The largest absolute Gasteiger partial charge is 0.376 e. The van der Waals surface area contributed by atoms with E-state index < -0.39 is 0 Å². The zero-order valence-corrected chi connectivity index (χ0v) is 15.0. The summed E-state index contributed by atoms with van der Waals surface area (Å²) < 4.78 is 6.00. The lowest BCUT2D eigenvalue weighted by Gasteiger charge is -2.17. The molecule has 1 aliphatic carbocycles. The molecule has 5 heteroatoms. The summed E-state index contributed by atoms with van der Waals surface area (Å²) in [7, 11) is 1.84. The Balaban J connectivity index is 1.47. The Hall–Kier alpha value is -0.810. The van der Waals surface area contributed by atoms with E-state index in [4.69, 9.17) is 4.74 Å². The second-order valence-electron chi connectivity index (χ2n) is 6.81. The van der Waals surface area contributed by atoms with Gasteiger partial charge in [0.05, 0.1) is 12.7 Å². The van der Waals surface area contributed by atoms with Gasteiger partial charge in [-0.25, -0.2) is 0 Å². The van der Waals surface area contributed by atoms with Crippen LogP contribution in [0, 0.1) is 0 Å². The van der Waals surface area contributed by atoms with Crippen molar-refractivity contribution in [1.82, 2.24) is 15.5 Å². The van der Waals surface area contributed by atoms with E-state index in [9.17, 15) is 0 Å². The Morgan fingerprint density at radius 2 is 1.70 bits per heavy atom. The molecule has 134 valence electrons. The highest BCUT2D eigenvalue weighted by Gasteiger charge is 2.12. The molecule has 1 saturated carbocycles. The normalized spacial score (nSPS) is 21.3. The van der Waals surface area contributed by atoms with Crippen molar-refractivity contribution in [3.63, 3.8) is 0 Å². The molecule has 2 aliphatic rings. The first-order valence-corrected chi connectivity index (χ1v) is 9.67. The van der Waals surface area contributed by atoms with Gasteiger partial charge in [0, 0.05) is 20.1 Å². The summed E-state index contributed by atoms with van der Waals surface area (Å²) in [6.45, 7) is 6.37. The van der Waals surface area contributed by atoms with Crippen molar-refractivity contribution in [1.29, 1.82) is 0 Å². The number of ether oxygens (including phenoxy) is 1. The third-order valence-electron chi connectivity index (χ3n) is 4.92. The second kappa shape index (κ2) is 11.7. The van der Waals surface area contributed by atoms with Gasteiger partial charge in [0.25, 0.3) is 0 Å². The summed E-state index contributed by atoms with van der Waals surface area (Å²) in [5, 5.41) is 6.75. The Kier molecular flexibility index (Phi) is 9.41. The Bertz CT molecular complexity index is 321. The highest BCUT2D eigenvalue weighted by Crippen LogP contribution is 2.19. The van der Waals surface area contributed by atoms with E-state index in [1.165, 1.54) is 77.4 Å². The van der Waals surface area contributed by atoms with Crippen molar-refractivity contribution in [2.24, 2.45) is 4.99 Å². The van der Waals surface area contributed by atoms with Crippen LogP contribution in [-0.4, -0.2) is 63.3 Å². The fraction of sp³-hybridized carbons (Fsp3) is 0.944. The minimum atomic E-state index is 0.481. The Morgan fingerprint density at radius 3 is 2.39 bits per heavy atom. The molecule has 2 rings (SSSR count). The third-order valence-corrected chi connectivity index (χ3v) is 4.92. The van der Waals surface area contributed by atoms with E-state index in [1.807, 2.05) is 7.05 Å². The standard InChI is InChI=1S/C18H36N4O/c1-19-18(20-11-8-15-22-13-6-7-14-22)21-12-16-23-17-9-4-2-3-5-10-17/h17H,2-16H2,1H3,(H2,19,20,21). The van der Waals surface area contributed by atoms with Crippen molar-refractivity contribution in [3.05, 3.63) is 0 Å². The minimum absolute atomic E-state index is 0.481. The molecule has 0 amide bonds. The van der Waals surface area contributed by atoms with Crippen LogP contribution in [0.15, 0.2) is 4.99 Å². The number of aliphatic imine (C=N–C) groups is 1. The van der Waals surface area contributed by atoms with Crippen LogP contribution in [0.2, 0.25) is 0 Å². The number of hydrogen-bond acceptors (Lipinski definition) is 3. The molecule has 2 N–H and O–H groups in total. The third kappa shape index (κ3) is 8.02. The van der Waals surface area contributed by atoms with Crippen LogP contribution in [0.25, 0.3) is 0 Å². The predicted octanol–water partition coefficient (Wildman–Crippen LogP) is 2.38. The molecule has 0 spiro atoms. The summed E-state index contributed by atoms with van der Waals surface area (Å²) in [5.41, 5.74) is 0. The maximum atomic E-state index is 6.00. The molecular formula is C18H36N4O. The van der Waals surface area contributed by atoms with Crippen LogP contribution in [0.3, 0.4) is 0 Å². The van der Waals surface area contributed by atoms with Gasteiger partial charge in [0.2, 0.25) is 0 Å². The molecule has 1 aliphatic heterocycles. The van der Waals surface area contributed by atoms with Crippen molar-refractivity contribution < 1.29 is 4.74 Å². The molecule has 0 unspecified atom stereocenters. The zero-order chi connectivity index (χ0) is 16.2. The number of hydrogen-bond donors (Lipinski definition) is 2. The lowest BCUT2D eigenvalue weighted by molar-refractivity contribution is 0.0468. The molecular weight excluding hydrogens is 288 g/mol. The predicted molar refractivity (Wildman–Crippen MR) is 97.1 cm³/mol. The molecule has 23 heavy (non-hydrogen) atoms. The number of rotatable bonds is 8. The van der Waals surface area contributed by atoms with Crippen LogP contribution >= 0.6 is 0 Å². The van der Waals surface area contributed by atoms with E-state index in [0.717, 1.165) is 25.7 Å². The SMILES string of the molecule is CN=C(NCCCN1CCCC1)NCCOC1CCCCCC1. The molecule has 2 fully saturated rings. The maximum absolute atomic E-state index is 6.00. The summed E-state index contributed by atoms with van der Waals surface area (Å²) in [6.07, 6.45) is 12.3. The molecule has 1 heterocycles. The van der Waals surface area contributed by atoms with Crippen LogP contribution in [0.5, 0.6) is 0 Å². The minimum Gasteiger partial charge on any atom is -0.376 e. The van der Waals surface area contributed by atoms with E-state index >= 15 is 0 Å². The first kappa shape index (κ1) is 18.5. The van der Waals surface area contributed by atoms with Gasteiger partial charge in [-0.3, -0.25) is 4.99 Å². The Labute approximate surface area is 142 Å². The summed E-state index contributed by atoms with van der Waals surface area (Å²) >= 11 is 0. The average Bonchev–Trinajstić information content (AvgIpc) is 2.95. The van der Waals surface area contributed by atoms with Crippen molar-refractivity contribution in [3.8, 4) is 0 Å². The first-order chi connectivity index (χ1) is 11.4. The Morgan fingerprint density at radius 1 is 1.00 bits per heavy atom. The first-order valence-electron chi connectivity index (χ1n) is 9.67. The highest BCUT2D eigenvalue weighted by atomic mass is 16.5. The summed E-state index contributed by atoms with van der Waals surface area (Å²) in [6, 6.07) is 0. The van der Waals surface area contributed by atoms with Crippen molar-refractivity contribution in [2.45, 2.75) is 63.9 Å². The van der Waals surface area contributed by atoms with E-state index in [2.05, 4.69) is 20.5 Å². The lowest BCUT2D eigenvalue weighted by Crippen LogP contribution is -2.40. The molecule has 0 aromatic carbocycles. The zero-order valence-electron chi connectivity index (χ0n) is 15.0. The number of nitrogens with one attached hydrogen (secondary N) is 2. The molecule has 0 aromatic heterocycles. The van der Waals surface area contributed by atoms with Crippen molar-refractivity contribution in [2.75, 3.05) is 46.4 Å². The van der Waals surface area contributed by atoms with Gasteiger partial charge in [0.15, 0.2) is 5.96 Å². The number of nitrogens with zero attached hydrogens (tertiary/aromatic N) is 2. The van der Waals surface area contributed by atoms with Gasteiger partial charge in [0.1, 0.15) is 0 Å². The van der Waals surface area contributed by atoms with Gasteiger partial charge in [-0.15, -0.1) is 0 Å². The maximum Gasteiger partial charge on any atom is 0.191 e. The molecule has 0 atom stereocenters. The topological polar surface area (TPSA) is 48.9 Å². The van der Waals surface area contributed by atoms with Crippen LogP contribution in [0.1, 0.15) is 57.8 Å². The van der Waals surface area contributed by atoms with E-state index in [-0.39, 0.29) is 0 Å². The number of guanidine groups is 1. The van der Waals surface area contributed by atoms with E-state index in [1.54, 1.807) is 0 Å². The van der Waals surface area contributed by atoms with Gasteiger partial charge < -0.3 is 20.3 Å².